The maximum atomic E-state index is 13.9. The third kappa shape index (κ3) is 3.45. The van der Waals surface area contributed by atoms with Gasteiger partial charge in [0.25, 0.3) is 5.91 Å². The zero-order valence-corrected chi connectivity index (χ0v) is 13.6. The van der Waals surface area contributed by atoms with Gasteiger partial charge in [-0.05, 0) is 18.6 Å². The predicted octanol–water partition coefficient (Wildman–Crippen LogP) is 0.506. The van der Waals surface area contributed by atoms with Crippen molar-refractivity contribution in [2.24, 2.45) is 0 Å². The zero-order valence-electron chi connectivity index (χ0n) is 13.6. The van der Waals surface area contributed by atoms with Crippen LogP contribution in [0, 0.1) is 12.7 Å². The number of halogens is 1. The highest BCUT2D eigenvalue weighted by molar-refractivity contribution is 6.09. The van der Waals surface area contributed by atoms with E-state index in [1.54, 1.807) is 0 Å². The number of aromatic carboxylic acids is 1. The smallest absolute Gasteiger partial charge is 0.340 e. The molecule has 0 spiro atoms. The number of rotatable bonds is 6. The number of hydrogen-bond donors (Lipinski definition) is 3. The van der Waals surface area contributed by atoms with Crippen LogP contribution in [0.1, 0.15) is 15.9 Å². The van der Waals surface area contributed by atoms with Crippen LogP contribution in [0.25, 0.3) is 0 Å². The second-order valence-electron chi connectivity index (χ2n) is 5.34. The van der Waals surface area contributed by atoms with Crippen LogP contribution in [0.3, 0.4) is 0 Å². The summed E-state index contributed by atoms with van der Waals surface area (Å²) in [6.45, 7) is 1.11. The maximum Gasteiger partial charge on any atom is 0.340 e. The number of benzene rings is 1. The summed E-state index contributed by atoms with van der Waals surface area (Å²) in [5, 5.41) is 20.9. The molecule has 1 amide bonds. The number of aliphatic hydroxyl groups excluding tert-OH is 1. The number of carboxylic acid groups (broad SMARTS) is 1. The Morgan fingerprint density at radius 3 is 2.64 bits per heavy atom. The van der Waals surface area contributed by atoms with Gasteiger partial charge in [-0.2, -0.15) is 0 Å². The molecule has 0 fully saturated rings. The molecule has 0 unspecified atom stereocenters. The van der Waals surface area contributed by atoms with E-state index in [1.807, 2.05) is 0 Å². The molecule has 1 aliphatic rings. The van der Waals surface area contributed by atoms with Gasteiger partial charge in [0.1, 0.15) is 17.1 Å². The largest absolute Gasteiger partial charge is 0.478 e. The molecule has 134 valence electrons. The molecular formula is C16H17FN2O6. The molecule has 1 aromatic carbocycles. The van der Waals surface area contributed by atoms with Crippen molar-refractivity contribution < 1.29 is 33.7 Å². The average Bonchev–Trinajstić information content (AvgIpc) is 2.87. The van der Waals surface area contributed by atoms with Crippen LogP contribution in [0.4, 0.5) is 10.1 Å². The number of β-amino-alcohol motifs (C(OH)–C–C–N with tert-alkyl or cyclic N) is 1. The van der Waals surface area contributed by atoms with Gasteiger partial charge in [0, 0.05) is 6.54 Å². The van der Waals surface area contributed by atoms with Gasteiger partial charge in [0.2, 0.25) is 0 Å². The lowest BCUT2D eigenvalue weighted by atomic mass is 10.1. The Kier molecular flexibility index (Phi) is 5.38. The maximum absolute atomic E-state index is 13.9. The summed E-state index contributed by atoms with van der Waals surface area (Å²) in [7, 11) is 1.14. The summed E-state index contributed by atoms with van der Waals surface area (Å²) in [6, 6.07) is 2.36. The van der Waals surface area contributed by atoms with E-state index < -0.39 is 29.2 Å². The SMILES string of the molecule is COC(=O)C1=C(Nc2c(C)ccc(F)c2C(=O)O)C(=O)N(CCO)C1. The number of amides is 1. The van der Waals surface area contributed by atoms with Gasteiger partial charge in [0.05, 0.1) is 31.5 Å². The molecule has 1 heterocycles. The van der Waals surface area contributed by atoms with Crippen molar-refractivity contribution in [1.29, 1.82) is 0 Å². The zero-order chi connectivity index (χ0) is 18.7. The van der Waals surface area contributed by atoms with Crippen LogP contribution in [0.15, 0.2) is 23.4 Å². The molecule has 0 aliphatic carbocycles. The van der Waals surface area contributed by atoms with Gasteiger partial charge in [-0.3, -0.25) is 4.79 Å². The standard InChI is InChI=1S/C16H17FN2O6/c1-8-3-4-10(17)11(15(22)23)12(8)18-13-9(16(24)25-2)7-19(5-6-20)14(13)21/h3-4,18,20H,5-7H2,1-2H3,(H,22,23). The number of aliphatic hydroxyl groups is 1. The first kappa shape index (κ1) is 18.4. The van der Waals surface area contributed by atoms with Crippen LogP contribution < -0.4 is 5.32 Å². The summed E-state index contributed by atoms with van der Waals surface area (Å²) in [6.07, 6.45) is 0. The van der Waals surface area contributed by atoms with E-state index in [0.717, 1.165) is 13.2 Å². The van der Waals surface area contributed by atoms with Crippen molar-refractivity contribution in [2.75, 3.05) is 32.1 Å². The summed E-state index contributed by atoms with van der Waals surface area (Å²) >= 11 is 0. The fraction of sp³-hybridized carbons (Fsp3) is 0.312. The minimum atomic E-state index is -1.51. The molecular weight excluding hydrogens is 335 g/mol. The van der Waals surface area contributed by atoms with Crippen LogP contribution in [0.5, 0.6) is 0 Å². The molecule has 3 N–H and O–H groups in total. The number of aryl methyl sites for hydroxylation is 1. The monoisotopic (exact) mass is 352 g/mol. The molecule has 8 nitrogen and oxygen atoms in total. The van der Waals surface area contributed by atoms with Crippen molar-refractivity contribution >= 4 is 23.5 Å². The fourth-order valence-corrected chi connectivity index (χ4v) is 2.53. The third-order valence-corrected chi connectivity index (χ3v) is 3.78. The second kappa shape index (κ2) is 7.31. The molecule has 0 saturated carbocycles. The Bertz CT molecular complexity index is 774. The summed E-state index contributed by atoms with van der Waals surface area (Å²) < 4.78 is 18.6. The fourth-order valence-electron chi connectivity index (χ4n) is 2.53. The van der Waals surface area contributed by atoms with Gasteiger partial charge in [-0.1, -0.05) is 6.07 Å². The van der Waals surface area contributed by atoms with E-state index in [4.69, 9.17) is 5.11 Å². The van der Waals surface area contributed by atoms with E-state index in [1.165, 1.54) is 17.9 Å². The Hall–Kier alpha value is -2.94. The lowest BCUT2D eigenvalue weighted by Crippen LogP contribution is -2.31. The number of ether oxygens (including phenoxy) is 1. The highest BCUT2D eigenvalue weighted by atomic mass is 19.1. The van der Waals surface area contributed by atoms with E-state index >= 15 is 0 Å². The predicted molar refractivity (Wildman–Crippen MR) is 84.4 cm³/mol. The average molecular weight is 352 g/mol. The highest BCUT2D eigenvalue weighted by Gasteiger charge is 2.35. The number of carbonyl (C=O) groups excluding carboxylic acids is 2. The Morgan fingerprint density at radius 2 is 2.08 bits per heavy atom. The Labute approximate surface area is 142 Å². The molecule has 0 radical (unpaired) electrons. The molecule has 1 aromatic rings. The lowest BCUT2D eigenvalue weighted by molar-refractivity contribution is -0.136. The number of hydrogen-bond acceptors (Lipinski definition) is 6. The van der Waals surface area contributed by atoms with Crippen molar-refractivity contribution in [3.8, 4) is 0 Å². The Balaban J connectivity index is 2.53. The van der Waals surface area contributed by atoms with Crippen LogP contribution in [-0.4, -0.2) is 59.8 Å². The number of methoxy groups -OCH3 is 1. The number of anilines is 1. The Morgan fingerprint density at radius 1 is 1.40 bits per heavy atom. The molecule has 0 aromatic heterocycles. The van der Waals surface area contributed by atoms with E-state index in [0.29, 0.717) is 5.56 Å². The second-order valence-corrected chi connectivity index (χ2v) is 5.34. The molecule has 2 rings (SSSR count). The first-order chi connectivity index (χ1) is 11.8. The summed E-state index contributed by atoms with van der Waals surface area (Å²) in [4.78, 5) is 37.0. The lowest BCUT2D eigenvalue weighted by Gasteiger charge is -2.16. The molecule has 0 atom stereocenters. The quantitative estimate of drug-likeness (QED) is 0.639. The third-order valence-electron chi connectivity index (χ3n) is 3.78. The normalized spacial score (nSPS) is 14.1. The topological polar surface area (TPSA) is 116 Å². The number of carbonyl (C=O) groups is 3. The molecule has 9 heteroatoms. The van der Waals surface area contributed by atoms with Crippen molar-refractivity contribution in [3.63, 3.8) is 0 Å². The molecule has 1 aliphatic heterocycles. The van der Waals surface area contributed by atoms with Gasteiger partial charge < -0.3 is 25.2 Å². The molecule has 25 heavy (non-hydrogen) atoms. The van der Waals surface area contributed by atoms with Gasteiger partial charge in [-0.15, -0.1) is 0 Å². The minimum absolute atomic E-state index is 0.0154. The number of esters is 1. The van der Waals surface area contributed by atoms with Gasteiger partial charge in [0.15, 0.2) is 0 Å². The van der Waals surface area contributed by atoms with E-state index in [9.17, 15) is 23.9 Å². The van der Waals surface area contributed by atoms with Crippen molar-refractivity contribution in [3.05, 3.63) is 40.3 Å². The summed E-state index contributed by atoms with van der Waals surface area (Å²) in [5.41, 5.74) is -0.602. The first-order valence-corrected chi connectivity index (χ1v) is 7.32. The highest BCUT2D eigenvalue weighted by Crippen LogP contribution is 2.29. The van der Waals surface area contributed by atoms with Crippen LogP contribution in [0.2, 0.25) is 0 Å². The van der Waals surface area contributed by atoms with E-state index in [-0.39, 0.29) is 36.7 Å². The van der Waals surface area contributed by atoms with Crippen molar-refractivity contribution in [2.45, 2.75) is 6.92 Å². The minimum Gasteiger partial charge on any atom is -0.478 e. The number of nitrogens with zero attached hydrogens (tertiary/aromatic N) is 1. The summed E-state index contributed by atoms with van der Waals surface area (Å²) in [5.74, 6) is -3.88. The van der Waals surface area contributed by atoms with Crippen LogP contribution >= 0.6 is 0 Å². The molecule has 0 bridgehead atoms. The number of nitrogens with one attached hydrogen (secondary N) is 1. The number of carboxylic acids is 1. The van der Waals surface area contributed by atoms with E-state index in [2.05, 4.69) is 10.1 Å². The van der Waals surface area contributed by atoms with Gasteiger partial charge >= 0.3 is 11.9 Å². The van der Waals surface area contributed by atoms with Gasteiger partial charge in [-0.25, -0.2) is 14.0 Å². The first-order valence-electron chi connectivity index (χ1n) is 7.32. The van der Waals surface area contributed by atoms with Crippen molar-refractivity contribution in [1.82, 2.24) is 4.90 Å². The molecule has 0 saturated heterocycles. The van der Waals surface area contributed by atoms with Crippen LogP contribution in [-0.2, 0) is 14.3 Å².